The summed E-state index contributed by atoms with van der Waals surface area (Å²) in [6.45, 7) is 0.771. The molecule has 0 radical (unpaired) electrons. The van der Waals surface area contributed by atoms with E-state index in [4.69, 9.17) is 9.84 Å². The van der Waals surface area contributed by atoms with E-state index in [2.05, 4.69) is 27.9 Å². The average molecular weight is 319 g/mol. The fourth-order valence-corrected chi connectivity index (χ4v) is 1.35. The highest BCUT2D eigenvalue weighted by Crippen LogP contribution is 2.22. The van der Waals surface area contributed by atoms with E-state index in [-0.39, 0.29) is 6.61 Å². The number of aliphatic hydroxyl groups excluding tert-OH is 1. The molecule has 0 bridgehead atoms. The zero-order valence-electron chi connectivity index (χ0n) is 8.53. The summed E-state index contributed by atoms with van der Waals surface area (Å²) in [5, 5.41) is 12.0. The highest BCUT2D eigenvalue weighted by atomic mass is 127. The first-order valence-electron chi connectivity index (χ1n) is 4.60. The molecule has 3 nitrogen and oxygen atoms in total. The van der Waals surface area contributed by atoms with Gasteiger partial charge < -0.3 is 15.2 Å². The minimum absolute atomic E-state index is 0.0914. The zero-order valence-corrected chi connectivity index (χ0v) is 10.7. The van der Waals surface area contributed by atoms with Crippen LogP contribution in [0.2, 0.25) is 0 Å². The first kappa shape index (κ1) is 12.3. The van der Waals surface area contributed by atoms with Gasteiger partial charge in [-0.1, -0.05) is 18.2 Å². The van der Waals surface area contributed by atoms with Gasteiger partial charge >= 0.3 is 0 Å². The SMILES string of the molecule is COc1ccccc1NC/C=C(\I)CO. The minimum atomic E-state index is 0.0914. The monoisotopic (exact) mass is 319 g/mol. The van der Waals surface area contributed by atoms with Crippen molar-refractivity contribution in [3.8, 4) is 5.75 Å². The number of para-hydroxylation sites is 2. The molecule has 2 N–H and O–H groups in total. The molecule has 1 rings (SSSR count). The summed E-state index contributed by atoms with van der Waals surface area (Å²) >= 11 is 2.11. The predicted molar refractivity (Wildman–Crippen MR) is 70.7 cm³/mol. The maximum atomic E-state index is 8.80. The van der Waals surface area contributed by atoms with Crippen LogP contribution in [0.5, 0.6) is 5.75 Å². The summed E-state index contributed by atoms with van der Waals surface area (Å²) in [6.07, 6.45) is 1.94. The molecule has 82 valence electrons. The number of benzene rings is 1. The van der Waals surface area contributed by atoms with Gasteiger partial charge in [0.05, 0.1) is 19.4 Å². The quantitative estimate of drug-likeness (QED) is 0.819. The third kappa shape index (κ3) is 4.09. The number of halogens is 1. The predicted octanol–water partition coefficient (Wildman–Crippen LogP) is 2.42. The summed E-state index contributed by atoms with van der Waals surface area (Å²) in [6, 6.07) is 7.74. The number of rotatable bonds is 5. The van der Waals surface area contributed by atoms with Crippen LogP contribution in [0, 0.1) is 0 Å². The van der Waals surface area contributed by atoms with Crippen molar-refractivity contribution in [3.05, 3.63) is 33.9 Å². The highest BCUT2D eigenvalue weighted by molar-refractivity contribution is 14.1. The van der Waals surface area contributed by atoms with E-state index >= 15 is 0 Å². The lowest BCUT2D eigenvalue weighted by Crippen LogP contribution is -2.01. The van der Waals surface area contributed by atoms with E-state index in [0.717, 1.165) is 15.0 Å². The van der Waals surface area contributed by atoms with Crippen molar-refractivity contribution < 1.29 is 9.84 Å². The standard InChI is InChI=1S/C11H14INO2/c1-15-11-5-3-2-4-10(11)13-7-6-9(12)8-14/h2-6,13-14H,7-8H2,1H3/b9-6-. The minimum Gasteiger partial charge on any atom is -0.495 e. The molecular formula is C11H14INO2. The second-order valence-electron chi connectivity index (χ2n) is 2.89. The van der Waals surface area contributed by atoms with Crippen molar-refractivity contribution in [1.82, 2.24) is 0 Å². The van der Waals surface area contributed by atoms with Crippen LogP contribution in [0.25, 0.3) is 0 Å². The molecule has 0 saturated heterocycles. The van der Waals surface area contributed by atoms with Gasteiger partial charge in [-0.05, 0) is 34.7 Å². The fourth-order valence-electron chi connectivity index (χ4n) is 1.13. The number of methoxy groups -OCH3 is 1. The van der Waals surface area contributed by atoms with E-state index in [9.17, 15) is 0 Å². The Balaban J connectivity index is 2.57. The van der Waals surface area contributed by atoms with Crippen LogP contribution in [-0.2, 0) is 0 Å². The zero-order chi connectivity index (χ0) is 11.1. The molecule has 0 unspecified atom stereocenters. The normalized spacial score (nSPS) is 11.3. The van der Waals surface area contributed by atoms with E-state index < -0.39 is 0 Å². The molecule has 0 heterocycles. The maximum Gasteiger partial charge on any atom is 0.141 e. The van der Waals surface area contributed by atoms with Crippen LogP contribution in [0.3, 0.4) is 0 Å². The number of nitrogens with one attached hydrogen (secondary N) is 1. The molecule has 0 aliphatic heterocycles. The lowest BCUT2D eigenvalue weighted by atomic mass is 10.3. The van der Waals surface area contributed by atoms with Crippen LogP contribution < -0.4 is 10.1 Å². The molecule has 0 aromatic heterocycles. The van der Waals surface area contributed by atoms with Gasteiger partial charge in [-0.3, -0.25) is 0 Å². The molecule has 0 spiro atoms. The van der Waals surface area contributed by atoms with Crippen LogP contribution in [-0.4, -0.2) is 25.4 Å². The van der Waals surface area contributed by atoms with Crippen molar-refractivity contribution in [1.29, 1.82) is 0 Å². The van der Waals surface area contributed by atoms with E-state index in [1.807, 2.05) is 30.3 Å². The van der Waals surface area contributed by atoms with E-state index in [1.54, 1.807) is 7.11 Å². The van der Waals surface area contributed by atoms with Gasteiger partial charge in [-0.15, -0.1) is 0 Å². The Morgan fingerprint density at radius 1 is 1.53 bits per heavy atom. The Morgan fingerprint density at radius 2 is 2.27 bits per heavy atom. The number of hydrogen-bond acceptors (Lipinski definition) is 3. The third-order valence-corrected chi connectivity index (χ3v) is 2.66. The second-order valence-corrected chi connectivity index (χ2v) is 4.28. The summed E-state index contributed by atoms with van der Waals surface area (Å²) in [5.41, 5.74) is 0.957. The van der Waals surface area contributed by atoms with Gasteiger partial charge in [0.25, 0.3) is 0 Å². The van der Waals surface area contributed by atoms with Gasteiger partial charge in [0.15, 0.2) is 0 Å². The van der Waals surface area contributed by atoms with Crippen molar-refractivity contribution in [2.24, 2.45) is 0 Å². The van der Waals surface area contributed by atoms with Crippen molar-refractivity contribution >= 4 is 28.3 Å². The van der Waals surface area contributed by atoms with E-state index in [1.165, 1.54) is 0 Å². The first-order valence-corrected chi connectivity index (χ1v) is 5.68. The molecule has 15 heavy (non-hydrogen) atoms. The molecular weight excluding hydrogens is 305 g/mol. The van der Waals surface area contributed by atoms with Gasteiger partial charge in [-0.2, -0.15) is 0 Å². The summed E-state index contributed by atoms with van der Waals surface area (Å²) in [7, 11) is 1.65. The number of hydrogen-bond donors (Lipinski definition) is 2. The molecule has 0 atom stereocenters. The first-order chi connectivity index (χ1) is 7.27. The molecule has 0 saturated carbocycles. The lowest BCUT2D eigenvalue weighted by molar-refractivity contribution is 0.341. The Kier molecular flexibility index (Phi) is 5.49. The highest BCUT2D eigenvalue weighted by Gasteiger charge is 1.98. The Morgan fingerprint density at radius 3 is 2.93 bits per heavy atom. The second kappa shape index (κ2) is 6.68. The number of aliphatic hydroxyl groups is 1. The molecule has 0 aliphatic carbocycles. The van der Waals surface area contributed by atoms with Gasteiger partial charge in [0.2, 0.25) is 0 Å². The van der Waals surface area contributed by atoms with Crippen LogP contribution >= 0.6 is 22.6 Å². The fraction of sp³-hybridized carbons (Fsp3) is 0.273. The molecule has 4 heteroatoms. The smallest absolute Gasteiger partial charge is 0.141 e. The Hall–Kier alpha value is -0.750. The third-order valence-electron chi connectivity index (χ3n) is 1.87. The number of ether oxygens (including phenoxy) is 1. The molecule has 0 aliphatic rings. The topological polar surface area (TPSA) is 41.5 Å². The van der Waals surface area contributed by atoms with Crippen LogP contribution in [0.4, 0.5) is 5.69 Å². The van der Waals surface area contributed by atoms with Gasteiger partial charge in [0.1, 0.15) is 5.75 Å². The van der Waals surface area contributed by atoms with Gasteiger partial charge in [0, 0.05) is 10.1 Å². The number of anilines is 1. The Labute approximate surface area is 103 Å². The molecule has 1 aromatic rings. The molecule has 1 aromatic carbocycles. The molecule has 0 amide bonds. The summed E-state index contributed by atoms with van der Waals surface area (Å²) in [5.74, 6) is 0.824. The van der Waals surface area contributed by atoms with Crippen LogP contribution in [0.15, 0.2) is 33.9 Å². The van der Waals surface area contributed by atoms with Crippen molar-refractivity contribution in [2.75, 3.05) is 25.6 Å². The Bertz CT molecular complexity index is 339. The summed E-state index contributed by atoms with van der Waals surface area (Å²) in [4.78, 5) is 0. The summed E-state index contributed by atoms with van der Waals surface area (Å²) < 4.78 is 6.12. The largest absolute Gasteiger partial charge is 0.495 e. The van der Waals surface area contributed by atoms with Crippen molar-refractivity contribution in [3.63, 3.8) is 0 Å². The average Bonchev–Trinajstić information content (AvgIpc) is 2.29. The van der Waals surface area contributed by atoms with Crippen molar-refractivity contribution in [2.45, 2.75) is 0 Å². The van der Waals surface area contributed by atoms with E-state index in [0.29, 0.717) is 6.54 Å². The molecule has 0 fully saturated rings. The van der Waals surface area contributed by atoms with Gasteiger partial charge in [-0.25, -0.2) is 0 Å². The lowest BCUT2D eigenvalue weighted by Gasteiger charge is -2.08. The maximum absolute atomic E-state index is 8.80. The van der Waals surface area contributed by atoms with Crippen LogP contribution in [0.1, 0.15) is 0 Å².